The number of halogens is 1. The summed E-state index contributed by atoms with van der Waals surface area (Å²) >= 11 is 6.44. The quantitative estimate of drug-likeness (QED) is 0.551. The Morgan fingerprint density at radius 2 is 1.77 bits per heavy atom. The van der Waals surface area contributed by atoms with E-state index in [-0.39, 0.29) is 0 Å². The summed E-state index contributed by atoms with van der Waals surface area (Å²) in [6.07, 6.45) is -0.190. The van der Waals surface area contributed by atoms with E-state index in [1.807, 2.05) is 13.0 Å². The minimum atomic E-state index is -3.46. The molecule has 1 aromatic rings. The van der Waals surface area contributed by atoms with Crippen LogP contribution in [-0.2, 0) is 25.7 Å². The third-order valence-electron chi connectivity index (χ3n) is 6.28. The highest BCUT2D eigenvalue weighted by Crippen LogP contribution is 2.36. The van der Waals surface area contributed by atoms with Gasteiger partial charge in [-0.05, 0) is 62.1 Å². The van der Waals surface area contributed by atoms with Crippen LogP contribution in [-0.4, -0.2) is 72.9 Å². The van der Waals surface area contributed by atoms with Crippen LogP contribution in [0.4, 0.5) is 0 Å². The fourth-order valence-electron chi connectivity index (χ4n) is 4.64. The van der Waals surface area contributed by atoms with E-state index < -0.39 is 46.1 Å². The highest BCUT2D eigenvalue weighted by atomic mass is 35.5. The molecule has 0 amide bonds. The summed E-state index contributed by atoms with van der Waals surface area (Å²) in [7, 11) is -3.46. The zero-order chi connectivity index (χ0) is 22.8. The van der Waals surface area contributed by atoms with Gasteiger partial charge in [0.1, 0.15) is 40.4 Å². The van der Waals surface area contributed by atoms with Gasteiger partial charge in [0.15, 0.2) is 0 Å². The first kappa shape index (κ1) is 24.9. The molecule has 7 nitrogen and oxygen atoms in total. The van der Waals surface area contributed by atoms with Crippen LogP contribution in [0.15, 0.2) is 18.2 Å². The van der Waals surface area contributed by atoms with E-state index in [1.165, 1.54) is 0 Å². The van der Waals surface area contributed by atoms with Crippen molar-refractivity contribution < 1.29 is 33.2 Å². The van der Waals surface area contributed by atoms with Gasteiger partial charge in [-0.3, -0.25) is 0 Å². The van der Waals surface area contributed by atoms with Crippen LogP contribution in [0.5, 0.6) is 0 Å². The molecule has 2 aliphatic rings. The Hall–Kier alpha value is -0.740. The molecule has 2 fully saturated rings. The predicted octanol–water partition coefficient (Wildman–Crippen LogP) is 2.05. The molecule has 0 bridgehead atoms. The monoisotopic (exact) mass is 476 g/mol. The van der Waals surface area contributed by atoms with Gasteiger partial charge in [-0.15, -0.1) is 0 Å². The van der Waals surface area contributed by atoms with Crippen molar-refractivity contribution in [2.24, 2.45) is 5.92 Å². The average Bonchev–Trinajstić information content (AvgIpc) is 2.71. The largest absolute Gasteiger partial charge is 0.388 e. The van der Waals surface area contributed by atoms with Crippen molar-refractivity contribution in [1.29, 1.82) is 0 Å². The fraction of sp³-hybridized carbons (Fsp3) is 0.727. The van der Waals surface area contributed by atoms with E-state index in [0.717, 1.165) is 50.5 Å². The summed E-state index contributed by atoms with van der Waals surface area (Å²) in [4.78, 5) is 0. The van der Waals surface area contributed by atoms with Gasteiger partial charge in [-0.2, -0.15) is 0 Å². The van der Waals surface area contributed by atoms with E-state index in [1.54, 1.807) is 12.1 Å². The Morgan fingerprint density at radius 3 is 2.39 bits per heavy atom. The molecule has 1 aliphatic heterocycles. The van der Waals surface area contributed by atoms with Crippen molar-refractivity contribution in [1.82, 2.24) is 0 Å². The number of aliphatic hydroxyl groups is 3. The second-order valence-corrected chi connectivity index (χ2v) is 11.4. The number of hydrogen-bond acceptors (Lipinski definition) is 7. The highest BCUT2D eigenvalue weighted by Gasteiger charge is 2.45. The normalized spacial score (nSPS) is 34.6. The molecule has 9 heteroatoms. The minimum Gasteiger partial charge on any atom is -0.388 e. The lowest BCUT2D eigenvalue weighted by molar-refractivity contribution is -0.218. The molecule has 1 aliphatic carbocycles. The van der Waals surface area contributed by atoms with Crippen molar-refractivity contribution in [3.8, 4) is 0 Å². The molecule has 5 atom stereocenters. The zero-order valence-electron chi connectivity index (χ0n) is 18.0. The van der Waals surface area contributed by atoms with Gasteiger partial charge in [0.2, 0.25) is 0 Å². The molecule has 0 unspecified atom stereocenters. The minimum absolute atomic E-state index is 0.327. The Kier molecular flexibility index (Phi) is 8.40. The SMILES string of the molecule is CCOC1CCC(Cc2cc([C@@H]3O[C@H](CS(C)(=O)=O)[C@@H](O)[C@H](O)[C@H]3O)ccc2Cl)CC1. The standard InChI is InChI=1S/C22H33ClO7S/c1-3-29-16-7-4-13(5-8-16)10-15-11-14(6-9-17(15)23)22-21(26)20(25)19(24)18(30-22)12-31(2,27)28/h6,9,11,13,16,18-22,24-26H,3-5,7-8,10,12H2,1-2H3/t13?,16?,18-,19-,20+,21-,22+/m1/s1. The molecular formula is C22H33ClO7S. The van der Waals surface area contributed by atoms with Gasteiger partial charge in [0, 0.05) is 17.9 Å². The smallest absolute Gasteiger partial charge is 0.150 e. The van der Waals surface area contributed by atoms with E-state index in [2.05, 4.69) is 0 Å². The van der Waals surface area contributed by atoms with Gasteiger partial charge in [-0.1, -0.05) is 23.7 Å². The third-order valence-corrected chi connectivity index (χ3v) is 7.59. The zero-order valence-corrected chi connectivity index (χ0v) is 19.6. The van der Waals surface area contributed by atoms with Crippen LogP contribution in [0.2, 0.25) is 5.02 Å². The van der Waals surface area contributed by atoms with Crippen LogP contribution < -0.4 is 0 Å². The summed E-state index contributed by atoms with van der Waals surface area (Å²) < 4.78 is 34.9. The van der Waals surface area contributed by atoms with Crippen molar-refractivity contribution in [3.05, 3.63) is 34.3 Å². The second kappa shape index (κ2) is 10.5. The van der Waals surface area contributed by atoms with Crippen molar-refractivity contribution in [3.63, 3.8) is 0 Å². The summed E-state index contributed by atoms with van der Waals surface area (Å²) in [5, 5.41) is 31.6. The fourth-order valence-corrected chi connectivity index (χ4v) is 5.71. The number of sulfone groups is 1. The Labute approximate surface area is 189 Å². The Balaban J connectivity index is 1.75. The lowest BCUT2D eigenvalue weighted by Crippen LogP contribution is -2.55. The molecule has 1 heterocycles. The van der Waals surface area contributed by atoms with Gasteiger partial charge in [0.25, 0.3) is 0 Å². The molecule has 176 valence electrons. The van der Waals surface area contributed by atoms with Gasteiger partial charge >= 0.3 is 0 Å². The van der Waals surface area contributed by atoms with Gasteiger partial charge < -0.3 is 24.8 Å². The van der Waals surface area contributed by atoms with Crippen LogP contribution in [0.1, 0.15) is 49.8 Å². The van der Waals surface area contributed by atoms with Crippen LogP contribution in [0, 0.1) is 5.92 Å². The second-order valence-electron chi connectivity index (χ2n) is 8.81. The van der Waals surface area contributed by atoms with Crippen molar-refractivity contribution in [2.75, 3.05) is 18.6 Å². The Bertz CT molecular complexity index is 838. The van der Waals surface area contributed by atoms with E-state index in [4.69, 9.17) is 21.1 Å². The molecule has 0 spiro atoms. The first-order valence-electron chi connectivity index (χ1n) is 10.9. The molecule has 1 saturated heterocycles. The number of rotatable bonds is 7. The summed E-state index contributed by atoms with van der Waals surface area (Å²) in [5.41, 5.74) is 1.52. The molecule has 3 N–H and O–H groups in total. The number of hydrogen-bond donors (Lipinski definition) is 3. The highest BCUT2D eigenvalue weighted by molar-refractivity contribution is 7.90. The molecule has 0 radical (unpaired) electrons. The molecule has 1 saturated carbocycles. The molecular weight excluding hydrogens is 444 g/mol. The van der Waals surface area contributed by atoms with E-state index >= 15 is 0 Å². The molecule has 3 rings (SSSR count). The lowest BCUT2D eigenvalue weighted by atomic mass is 9.82. The first-order chi connectivity index (χ1) is 14.6. The average molecular weight is 477 g/mol. The maximum atomic E-state index is 11.7. The number of benzene rings is 1. The first-order valence-corrected chi connectivity index (χ1v) is 13.3. The summed E-state index contributed by atoms with van der Waals surface area (Å²) in [6.45, 7) is 2.74. The van der Waals surface area contributed by atoms with Gasteiger partial charge in [-0.25, -0.2) is 8.42 Å². The van der Waals surface area contributed by atoms with Gasteiger partial charge in [0.05, 0.1) is 11.9 Å². The summed E-state index contributed by atoms with van der Waals surface area (Å²) in [6, 6.07) is 5.29. The molecule has 1 aromatic carbocycles. The number of aliphatic hydroxyl groups excluding tert-OH is 3. The molecule has 0 aromatic heterocycles. The topological polar surface area (TPSA) is 113 Å². The summed E-state index contributed by atoms with van der Waals surface area (Å²) in [5.74, 6) is 0.0323. The maximum Gasteiger partial charge on any atom is 0.150 e. The lowest BCUT2D eigenvalue weighted by Gasteiger charge is -2.40. The Morgan fingerprint density at radius 1 is 1.10 bits per heavy atom. The predicted molar refractivity (Wildman–Crippen MR) is 118 cm³/mol. The van der Waals surface area contributed by atoms with Crippen LogP contribution in [0.3, 0.4) is 0 Å². The van der Waals surface area contributed by atoms with Crippen LogP contribution in [0.25, 0.3) is 0 Å². The molecule has 31 heavy (non-hydrogen) atoms. The maximum absolute atomic E-state index is 11.7. The third kappa shape index (κ3) is 6.41. The van der Waals surface area contributed by atoms with E-state index in [9.17, 15) is 23.7 Å². The van der Waals surface area contributed by atoms with E-state index in [0.29, 0.717) is 22.6 Å². The number of ether oxygens (including phenoxy) is 2. The van der Waals surface area contributed by atoms with Crippen molar-refractivity contribution >= 4 is 21.4 Å². The van der Waals surface area contributed by atoms with Crippen molar-refractivity contribution in [2.45, 2.75) is 75.7 Å². The van der Waals surface area contributed by atoms with Crippen LogP contribution >= 0.6 is 11.6 Å².